The zero-order valence-electron chi connectivity index (χ0n) is 20.6. The number of carbonyl (C=O) groups is 1. The number of anilines is 1. The molecule has 8 heteroatoms. The molecule has 0 spiro atoms. The molecular weight excluding hydrogens is 440 g/mol. The molecule has 1 aromatic rings. The van der Waals surface area contributed by atoms with Crippen LogP contribution in [0.3, 0.4) is 0 Å². The fourth-order valence-electron chi connectivity index (χ4n) is 7.50. The maximum atomic E-state index is 12.1. The number of aliphatic imine (C=N–C) groups is 1. The van der Waals surface area contributed by atoms with E-state index in [0.29, 0.717) is 29.2 Å². The predicted octanol–water partition coefficient (Wildman–Crippen LogP) is 3.21. The van der Waals surface area contributed by atoms with E-state index < -0.39 is 16.9 Å². The van der Waals surface area contributed by atoms with Crippen molar-refractivity contribution in [2.45, 2.75) is 57.5 Å². The van der Waals surface area contributed by atoms with Gasteiger partial charge in [0.25, 0.3) is 0 Å². The molecule has 0 radical (unpaired) electrons. The lowest BCUT2D eigenvalue weighted by Gasteiger charge is -2.59. The van der Waals surface area contributed by atoms with Gasteiger partial charge in [-0.15, -0.1) is 0 Å². The van der Waals surface area contributed by atoms with Gasteiger partial charge in [-0.3, -0.25) is 9.69 Å². The van der Waals surface area contributed by atoms with Crippen molar-refractivity contribution in [1.82, 2.24) is 10.2 Å². The minimum Gasteiger partial charge on any atom is -0.481 e. The predicted molar refractivity (Wildman–Crippen MR) is 133 cm³/mol. The van der Waals surface area contributed by atoms with E-state index in [9.17, 15) is 15.2 Å². The number of carboxylic acid groups (broad SMARTS) is 1. The number of amidine groups is 1. The van der Waals surface area contributed by atoms with E-state index in [4.69, 9.17) is 5.26 Å². The third-order valence-electron chi connectivity index (χ3n) is 9.20. The van der Waals surface area contributed by atoms with Crippen molar-refractivity contribution >= 4 is 17.5 Å². The SMILES string of the molecule is CC(C)(/C(=N\C#N)NC1C2CC3CC1CC(C(=O)O)(C3)C2)N1CCN(c2ccc(C#N)cc2)CC1. The quantitative estimate of drug-likeness (QED) is 0.382. The van der Waals surface area contributed by atoms with Crippen LogP contribution >= 0.6 is 0 Å². The fourth-order valence-corrected chi connectivity index (χ4v) is 7.50. The maximum absolute atomic E-state index is 12.1. The summed E-state index contributed by atoms with van der Waals surface area (Å²) in [6, 6.07) is 10.1. The average molecular weight is 475 g/mol. The summed E-state index contributed by atoms with van der Waals surface area (Å²) < 4.78 is 0. The maximum Gasteiger partial charge on any atom is 0.309 e. The molecule has 2 unspecified atom stereocenters. The molecule has 8 nitrogen and oxygen atoms in total. The molecule has 1 aliphatic heterocycles. The van der Waals surface area contributed by atoms with E-state index in [0.717, 1.165) is 64.0 Å². The van der Waals surface area contributed by atoms with Gasteiger partial charge in [0, 0.05) is 37.9 Å². The lowest BCUT2D eigenvalue weighted by atomic mass is 9.48. The summed E-state index contributed by atoms with van der Waals surface area (Å²) in [5.74, 6) is 1.24. The van der Waals surface area contributed by atoms with Gasteiger partial charge in [0.05, 0.1) is 22.6 Å². The summed E-state index contributed by atoms with van der Waals surface area (Å²) in [5.41, 5.74) is 0.798. The molecule has 0 amide bonds. The number of carboxylic acids is 1. The molecule has 6 rings (SSSR count). The standard InChI is InChI=1S/C27H34N6O2/c1-26(2,33-9-7-32(8-10-33)22-5-3-18(16-28)4-6-22)24(30-17-29)31-23-20-11-19-12-21(23)15-27(13-19,14-20)25(34)35/h3-6,19-21,23H,7-15H2,1-2H3,(H,30,31)(H,34,35). The minimum atomic E-state index is -0.623. The Bertz CT molecular complexity index is 1070. The highest BCUT2D eigenvalue weighted by molar-refractivity contribution is 5.92. The molecular formula is C27H34N6O2. The number of nitrogens with zero attached hydrogens (tertiary/aromatic N) is 5. The van der Waals surface area contributed by atoms with Crippen LogP contribution in [-0.4, -0.2) is 59.6 Å². The van der Waals surface area contributed by atoms with Crippen LogP contribution in [0.1, 0.15) is 51.5 Å². The lowest BCUT2D eigenvalue weighted by Crippen LogP contribution is -2.66. The van der Waals surface area contributed by atoms with Crippen LogP contribution in [0.2, 0.25) is 0 Å². The van der Waals surface area contributed by atoms with Gasteiger partial charge in [-0.05, 0) is 88.0 Å². The monoisotopic (exact) mass is 474 g/mol. The Morgan fingerprint density at radius 3 is 2.26 bits per heavy atom. The number of aliphatic carboxylic acids is 1. The molecule has 5 aliphatic rings. The average Bonchev–Trinajstić information content (AvgIpc) is 2.85. The van der Waals surface area contributed by atoms with Crippen LogP contribution in [0.4, 0.5) is 5.69 Å². The molecule has 0 aromatic heterocycles. The number of piperazine rings is 1. The van der Waals surface area contributed by atoms with E-state index in [1.807, 2.05) is 30.5 Å². The molecule has 5 fully saturated rings. The third kappa shape index (κ3) is 4.15. The van der Waals surface area contributed by atoms with E-state index in [2.05, 4.69) is 40.0 Å². The molecule has 4 aliphatic carbocycles. The molecule has 1 heterocycles. The van der Waals surface area contributed by atoms with Gasteiger partial charge < -0.3 is 15.3 Å². The third-order valence-corrected chi connectivity index (χ3v) is 9.20. The molecule has 1 saturated heterocycles. The molecule has 184 valence electrons. The summed E-state index contributed by atoms with van der Waals surface area (Å²) >= 11 is 0. The number of hydrogen-bond donors (Lipinski definition) is 2. The van der Waals surface area contributed by atoms with Crippen molar-refractivity contribution in [3.63, 3.8) is 0 Å². The second-order valence-corrected chi connectivity index (χ2v) is 11.5. The van der Waals surface area contributed by atoms with Crippen LogP contribution in [-0.2, 0) is 4.79 Å². The van der Waals surface area contributed by atoms with Crippen molar-refractivity contribution in [2.24, 2.45) is 28.2 Å². The van der Waals surface area contributed by atoms with E-state index in [1.165, 1.54) is 0 Å². The van der Waals surface area contributed by atoms with Gasteiger partial charge in [-0.1, -0.05) is 0 Å². The van der Waals surface area contributed by atoms with Crippen molar-refractivity contribution in [1.29, 1.82) is 10.5 Å². The first-order chi connectivity index (χ1) is 16.8. The van der Waals surface area contributed by atoms with Crippen LogP contribution < -0.4 is 10.2 Å². The second kappa shape index (κ2) is 8.84. The summed E-state index contributed by atoms with van der Waals surface area (Å²) in [6.07, 6.45) is 6.47. The highest BCUT2D eigenvalue weighted by Gasteiger charge is 2.59. The van der Waals surface area contributed by atoms with Gasteiger partial charge in [0.1, 0.15) is 5.84 Å². The Labute approximate surface area is 207 Å². The normalized spacial score (nSPS) is 32.7. The van der Waals surface area contributed by atoms with E-state index in [-0.39, 0.29) is 6.04 Å². The van der Waals surface area contributed by atoms with Gasteiger partial charge in [0.2, 0.25) is 6.19 Å². The summed E-state index contributed by atoms with van der Waals surface area (Å²) in [4.78, 5) is 21.1. The van der Waals surface area contributed by atoms with Crippen molar-refractivity contribution < 1.29 is 9.90 Å². The van der Waals surface area contributed by atoms with E-state index >= 15 is 0 Å². The minimum absolute atomic E-state index is 0.185. The lowest BCUT2D eigenvalue weighted by molar-refractivity contribution is -0.166. The highest BCUT2D eigenvalue weighted by atomic mass is 16.4. The topological polar surface area (TPSA) is 116 Å². The van der Waals surface area contributed by atoms with Gasteiger partial charge >= 0.3 is 5.97 Å². The molecule has 35 heavy (non-hydrogen) atoms. The summed E-state index contributed by atoms with van der Waals surface area (Å²) in [7, 11) is 0. The number of nitrogens with one attached hydrogen (secondary N) is 1. The first-order valence-corrected chi connectivity index (χ1v) is 12.7. The zero-order valence-corrected chi connectivity index (χ0v) is 20.6. The Hall–Kier alpha value is -3.10. The highest BCUT2D eigenvalue weighted by Crippen LogP contribution is 2.60. The first kappa shape index (κ1) is 23.6. The largest absolute Gasteiger partial charge is 0.481 e. The van der Waals surface area contributed by atoms with Gasteiger partial charge in [-0.25, -0.2) is 0 Å². The molecule has 2 N–H and O–H groups in total. The summed E-state index contributed by atoms with van der Waals surface area (Å²) in [5, 5.41) is 32.2. The van der Waals surface area contributed by atoms with Crippen LogP contribution in [0.15, 0.2) is 29.3 Å². The molecule has 4 saturated carbocycles. The van der Waals surface area contributed by atoms with E-state index in [1.54, 1.807) is 0 Å². The second-order valence-electron chi connectivity index (χ2n) is 11.5. The molecule has 4 bridgehead atoms. The van der Waals surface area contributed by atoms with Crippen LogP contribution in [0, 0.1) is 46.0 Å². The zero-order chi connectivity index (χ0) is 24.8. The number of benzene rings is 1. The first-order valence-electron chi connectivity index (χ1n) is 12.7. The summed E-state index contributed by atoms with van der Waals surface area (Å²) in [6.45, 7) is 7.63. The van der Waals surface area contributed by atoms with Crippen molar-refractivity contribution in [3.05, 3.63) is 29.8 Å². The number of hydrogen-bond acceptors (Lipinski definition) is 6. The smallest absolute Gasteiger partial charge is 0.309 e. The Morgan fingerprint density at radius 1 is 1.09 bits per heavy atom. The number of nitriles is 2. The number of rotatable bonds is 5. The molecule has 2 atom stereocenters. The Balaban J connectivity index is 1.27. The Morgan fingerprint density at radius 2 is 1.71 bits per heavy atom. The van der Waals surface area contributed by atoms with Crippen molar-refractivity contribution in [2.75, 3.05) is 31.1 Å². The van der Waals surface area contributed by atoms with Crippen LogP contribution in [0.5, 0.6) is 0 Å². The van der Waals surface area contributed by atoms with Crippen molar-refractivity contribution in [3.8, 4) is 12.3 Å². The molecule has 1 aromatic carbocycles. The van der Waals surface area contributed by atoms with Crippen LogP contribution in [0.25, 0.3) is 0 Å². The Kier molecular flexibility index (Phi) is 5.97. The van der Waals surface area contributed by atoms with Gasteiger partial charge in [0.15, 0.2) is 0 Å². The fraction of sp³-hybridized carbons (Fsp3) is 0.630. The van der Waals surface area contributed by atoms with Gasteiger partial charge in [-0.2, -0.15) is 15.5 Å².